The predicted molar refractivity (Wildman–Crippen MR) is 103 cm³/mol. The molecule has 0 bridgehead atoms. The molecule has 3 rings (SSSR count). The lowest BCUT2D eigenvalue weighted by Crippen LogP contribution is -2.43. The van der Waals surface area contributed by atoms with Crippen LogP contribution in [0.4, 0.5) is 5.82 Å². The number of esters is 1. The van der Waals surface area contributed by atoms with Gasteiger partial charge in [-0.2, -0.15) is 0 Å². The van der Waals surface area contributed by atoms with Crippen LogP contribution in [-0.2, 0) is 22.5 Å². The molecule has 1 atom stereocenters. The summed E-state index contributed by atoms with van der Waals surface area (Å²) in [6.45, 7) is 0.574. The SMILES string of the molecule is COC(=O)C(Cc1ccccc1)N(Cc1ccccc1)c1ccccn1. The van der Waals surface area contributed by atoms with Crippen LogP contribution in [0.25, 0.3) is 0 Å². The van der Waals surface area contributed by atoms with Gasteiger partial charge in [0.1, 0.15) is 11.9 Å². The number of pyridine rings is 1. The second kappa shape index (κ2) is 8.81. The van der Waals surface area contributed by atoms with Crippen molar-refractivity contribution in [1.29, 1.82) is 0 Å². The van der Waals surface area contributed by atoms with E-state index in [1.807, 2.05) is 83.8 Å². The molecular weight excluding hydrogens is 324 g/mol. The van der Waals surface area contributed by atoms with Gasteiger partial charge in [-0.05, 0) is 23.3 Å². The number of hydrogen-bond acceptors (Lipinski definition) is 4. The zero-order valence-corrected chi connectivity index (χ0v) is 14.8. The van der Waals surface area contributed by atoms with Crippen molar-refractivity contribution in [2.24, 2.45) is 0 Å². The third kappa shape index (κ3) is 4.48. The van der Waals surface area contributed by atoms with E-state index in [9.17, 15) is 4.79 Å². The first-order valence-corrected chi connectivity index (χ1v) is 8.61. The summed E-state index contributed by atoms with van der Waals surface area (Å²) in [7, 11) is 1.43. The fourth-order valence-electron chi connectivity index (χ4n) is 2.95. The lowest BCUT2D eigenvalue weighted by molar-refractivity contribution is -0.142. The maximum absolute atomic E-state index is 12.6. The van der Waals surface area contributed by atoms with Gasteiger partial charge in [-0.1, -0.05) is 66.7 Å². The monoisotopic (exact) mass is 346 g/mol. The van der Waals surface area contributed by atoms with Crippen molar-refractivity contribution in [3.05, 3.63) is 96.2 Å². The Balaban J connectivity index is 1.96. The number of nitrogens with zero attached hydrogens (tertiary/aromatic N) is 2. The van der Waals surface area contributed by atoms with Crippen LogP contribution in [0.2, 0.25) is 0 Å². The van der Waals surface area contributed by atoms with Crippen LogP contribution in [0.3, 0.4) is 0 Å². The largest absolute Gasteiger partial charge is 0.467 e. The molecule has 2 aromatic carbocycles. The summed E-state index contributed by atoms with van der Waals surface area (Å²) in [6.07, 6.45) is 2.29. The minimum atomic E-state index is -0.461. The summed E-state index contributed by atoms with van der Waals surface area (Å²) in [5.74, 6) is 0.484. The van der Waals surface area contributed by atoms with E-state index >= 15 is 0 Å². The van der Waals surface area contributed by atoms with Crippen LogP contribution in [-0.4, -0.2) is 24.1 Å². The predicted octanol–water partition coefficient (Wildman–Crippen LogP) is 3.87. The maximum atomic E-state index is 12.6. The number of anilines is 1. The van der Waals surface area contributed by atoms with Gasteiger partial charge in [0.2, 0.25) is 0 Å². The number of ether oxygens (including phenoxy) is 1. The fraction of sp³-hybridized carbons (Fsp3) is 0.182. The van der Waals surface area contributed by atoms with Crippen molar-refractivity contribution in [2.75, 3.05) is 12.0 Å². The molecule has 0 saturated carbocycles. The van der Waals surface area contributed by atoms with Gasteiger partial charge in [0.25, 0.3) is 0 Å². The molecule has 0 aliphatic heterocycles. The minimum absolute atomic E-state index is 0.268. The van der Waals surface area contributed by atoms with Gasteiger partial charge >= 0.3 is 5.97 Å². The Bertz CT molecular complexity index is 807. The van der Waals surface area contributed by atoms with E-state index in [1.165, 1.54) is 7.11 Å². The molecule has 0 amide bonds. The Labute approximate surface area is 154 Å². The molecule has 0 aliphatic carbocycles. The molecule has 0 N–H and O–H groups in total. The van der Waals surface area contributed by atoms with Gasteiger partial charge in [0, 0.05) is 19.2 Å². The molecule has 3 aromatic rings. The van der Waals surface area contributed by atoms with Crippen LogP contribution in [0, 0.1) is 0 Å². The highest BCUT2D eigenvalue weighted by Gasteiger charge is 2.28. The molecule has 0 radical (unpaired) electrons. The van der Waals surface area contributed by atoms with E-state index in [-0.39, 0.29) is 5.97 Å². The number of aromatic nitrogens is 1. The average Bonchev–Trinajstić information content (AvgIpc) is 2.72. The standard InChI is InChI=1S/C22H22N2O2/c1-26-22(25)20(16-18-10-4-2-5-11-18)24(21-14-8-9-15-23-21)17-19-12-6-3-7-13-19/h2-15,20H,16-17H2,1H3. The third-order valence-electron chi connectivity index (χ3n) is 4.26. The normalized spacial score (nSPS) is 11.6. The smallest absolute Gasteiger partial charge is 0.328 e. The highest BCUT2D eigenvalue weighted by atomic mass is 16.5. The molecule has 1 unspecified atom stereocenters. The summed E-state index contributed by atoms with van der Waals surface area (Å²) in [6, 6.07) is 25.3. The van der Waals surface area contributed by atoms with Gasteiger partial charge in [-0.3, -0.25) is 0 Å². The van der Waals surface area contributed by atoms with Crippen molar-refractivity contribution in [3.8, 4) is 0 Å². The van der Waals surface area contributed by atoms with Crippen molar-refractivity contribution < 1.29 is 9.53 Å². The number of rotatable bonds is 7. The Kier molecular flexibility index (Phi) is 5.99. The molecule has 4 nitrogen and oxygen atoms in total. The van der Waals surface area contributed by atoms with E-state index in [0.717, 1.165) is 16.9 Å². The first kappa shape index (κ1) is 17.7. The summed E-state index contributed by atoms with van der Waals surface area (Å²) < 4.78 is 5.12. The lowest BCUT2D eigenvalue weighted by atomic mass is 10.0. The van der Waals surface area contributed by atoms with E-state index < -0.39 is 6.04 Å². The Hall–Kier alpha value is -3.14. The summed E-state index contributed by atoms with van der Waals surface area (Å²) in [4.78, 5) is 19.1. The molecule has 26 heavy (non-hydrogen) atoms. The van der Waals surface area contributed by atoms with Crippen molar-refractivity contribution in [1.82, 2.24) is 4.98 Å². The molecule has 0 aliphatic rings. The lowest BCUT2D eigenvalue weighted by Gasteiger charge is -2.31. The van der Waals surface area contributed by atoms with E-state index in [1.54, 1.807) is 6.20 Å². The molecule has 0 spiro atoms. The second-order valence-corrected chi connectivity index (χ2v) is 6.03. The Morgan fingerprint density at radius 2 is 1.54 bits per heavy atom. The Morgan fingerprint density at radius 3 is 2.12 bits per heavy atom. The number of methoxy groups -OCH3 is 1. The number of carbonyl (C=O) groups excluding carboxylic acids is 1. The van der Waals surface area contributed by atoms with Crippen molar-refractivity contribution in [3.63, 3.8) is 0 Å². The molecule has 132 valence electrons. The third-order valence-corrected chi connectivity index (χ3v) is 4.26. The van der Waals surface area contributed by atoms with Crippen molar-refractivity contribution in [2.45, 2.75) is 19.0 Å². The first-order valence-electron chi connectivity index (χ1n) is 8.61. The summed E-state index contributed by atoms with van der Waals surface area (Å²) in [5, 5.41) is 0. The first-order chi connectivity index (χ1) is 12.8. The summed E-state index contributed by atoms with van der Waals surface area (Å²) in [5.41, 5.74) is 2.19. The minimum Gasteiger partial charge on any atom is -0.467 e. The van der Waals surface area contributed by atoms with Crippen LogP contribution in [0.5, 0.6) is 0 Å². The van der Waals surface area contributed by atoms with E-state index in [2.05, 4.69) is 4.98 Å². The van der Waals surface area contributed by atoms with Crippen LogP contribution < -0.4 is 4.90 Å². The fourth-order valence-corrected chi connectivity index (χ4v) is 2.95. The zero-order valence-electron chi connectivity index (χ0n) is 14.8. The van der Waals surface area contributed by atoms with Gasteiger partial charge in [-0.25, -0.2) is 9.78 Å². The number of benzene rings is 2. The average molecular weight is 346 g/mol. The maximum Gasteiger partial charge on any atom is 0.328 e. The number of carbonyl (C=O) groups is 1. The van der Waals surface area contributed by atoms with Gasteiger partial charge < -0.3 is 9.64 Å². The zero-order chi connectivity index (χ0) is 18.2. The van der Waals surface area contributed by atoms with E-state index in [4.69, 9.17) is 4.74 Å². The number of hydrogen-bond donors (Lipinski definition) is 0. The van der Waals surface area contributed by atoms with Crippen LogP contribution in [0.1, 0.15) is 11.1 Å². The molecule has 4 heteroatoms. The van der Waals surface area contributed by atoms with Gasteiger partial charge in [0.15, 0.2) is 0 Å². The Morgan fingerprint density at radius 1 is 0.923 bits per heavy atom. The van der Waals surface area contributed by atoms with Crippen molar-refractivity contribution >= 4 is 11.8 Å². The molecule has 0 fully saturated rings. The van der Waals surface area contributed by atoms with Crippen LogP contribution in [0.15, 0.2) is 85.1 Å². The topological polar surface area (TPSA) is 42.4 Å². The highest BCUT2D eigenvalue weighted by molar-refractivity contribution is 5.80. The molecular formula is C22H22N2O2. The molecule has 1 heterocycles. The van der Waals surface area contributed by atoms with Crippen LogP contribution >= 0.6 is 0 Å². The van der Waals surface area contributed by atoms with E-state index in [0.29, 0.717) is 13.0 Å². The van der Waals surface area contributed by atoms with Gasteiger partial charge in [0.05, 0.1) is 7.11 Å². The second-order valence-electron chi connectivity index (χ2n) is 6.03. The molecule has 1 aromatic heterocycles. The summed E-state index contributed by atoms with van der Waals surface area (Å²) >= 11 is 0. The quantitative estimate of drug-likeness (QED) is 0.609. The highest BCUT2D eigenvalue weighted by Crippen LogP contribution is 2.21. The van der Waals surface area contributed by atoms with Gasteiger partial charge in [-0.15, -0.1) is 0 Å². The molecule has 0 saturated heterocycles.